The molecule has 0 fully saturated rings. The van der Waals surface area contributed by atoms with E-state index in [1.165, 1.54) is 18.2 Å². The number of hydrogen-bond donors (Lipinski definition) is 3. The Hall–Kier alpha value is -5.55. The number of benzene rings is 3. The number of nitrogens with two attached hydrogens (primary N) is 2. The number of carbonyl (C=O) groups is 2. The second kappa shape index (κ2) is 11.3. The Balaban J connectivity index is 1.55. The molecule has 0 atom stereocenters. The third-order valence-electron chi connectivity index (χ3n) is 5.37. The molecule has 3 aromatic carbocycles. The van der Waals surface area contributed by atoms with E-state index >= 15 is 0 Å². The van der Waals surface area contributed by atoms with Gasteiger partial charge in [0.1, 0.15) is 0 Å². The van der Waals surface area contributed by atoms with Crippen molar-refractivity contribution < 1.29 is 9.59 Å². The summed E-state index contributed by atoms with van der Waals surface area (Å²) in [6, 6.07) is 23.4. The molecule has 180 valence electrons. The highest BCUT2D eigenvalue weighted by molar-refractivity contribution is 6.03. The molecule has 5 N–H and O–H groups in total. The van der Waals surface area contributed by atoms with E-state index in [-0.39, 0.29) is 0 Å². The van der Waals surface area contributed by atoms with Gasteiger partial charge in [0.15, 0.2) is 0 Å². The summed E-state index contributed by atoms with van der Waals surface area (Å²) in [5, 5.41) is 11.7. The number of nitrogen functional groups attached to an aromatic ring is 1. The van der Waals surface area contributed by atoms with E-state index < -0.39 is 11.8 Å². The Morgan fingerprint density at radius 3 is 2.27 bits per heavy atom. The van der Waals surface area contributed by atoms with Gasteiger partial charge in [0.05, 0.1) is 46.8 Å². The molecule has 8 heteroatoms. The number of primary amides is 1. The topological polar surface area (TPSA) is 148 Å². The van der Waals surface area contributed by atoms with Crippen LogP contribution in [0.4, 0.5) is 11.4 Å². The monoisotopic (exact) mass is 486 g/mol. The summed E-state index contributed by atoms with van der Waals surface area (Å²) < 4.78 is 0. The second-order valence-corrected chi connectivity index (χ2v) is 7.97. The third kappa shape index (κ3) is 6.32. The van der Waals surface area contributed by atoms with Crippen LogP contribution in [0.2, 0.25) is 0 Å². The smallest absolute Gasteiger partial charge is 0.248 e. The largest absolute Gasteiger partial charge is 0.397 e. The van der Waals surface area contributed by atoms with Crippen LogP contribution in [0.5, 0.6) is 0 Å². The summed E-state index contributed by atoms with van der Waals surface area (Å²) in [7, 11) is 0. The van der Waals surface area contributed by atoms with Crippen LogP contribution in [0, 0.1) is 11.3 Å². The van der Waals surface area contributed by atoms with Crippen molar-refractivity contribution in [3.05, 3.63) is 125 Å². The molecule has 0 aliphatic rings. The van der Waals surface area contributed by atoms with Gasteiger partial charge in [-0.15, -0.1) is 0 Å². The lowest BCUT2D eigenvalue weighted by Gasteiger charge is -2.10. The number of nitrogens with zero attached hydrogens (tertiary/aromatic N) is 3. The minimum absolute atomic E-state index is 0.354. The zero-order valence-corrected chi connectivity index (χ0v) is 19.6. The molecule has 0 spiro atoms. The van der Waals surface area contributed by atoms with Gasteiger partial charge >= 0.3 is 0 Å². The molecule has 0 saturated heterocycles. The van der Waals surface area contributed by atoms with E-state index in [0.717, 1.165) is 16.7 Å². The number of rotatable bonds is 7. The molecule has 4 rings (SSSR count). The van der Waals surface area contributed by atoms with Crippen LogP contribution < -0.4 is 16.8 Å². The molecule has 0 saturated carbocycles. The van der Waals surface area contributed by atoms with Gasteiger partial charge in [0.25, 0.3) is 0 Å². The molecule has 1 aromatic heterocycles. The maximum absolute atomic E-state index is 12.3. The predicted molar refractivity (Wildman–Crippen MR) is 144 cm³/mol. The van der Waals surface area contributed by atoms with E-state index in [4.69, 9.17) is 16.7 Å². The van der Waals surface area contributed by atoms with Gasteiger partial charge in [-0.1, -0.05) is 42.5 Å². The minimum Gasteiger partial charge on any atom is -0.397 e. The number of nitrogens with one attached hydrogen (secondary N) is 1. The van der Waals surface area contributed by atoms with E-state index in [2.05, 4.69) is 15.3 Å². The molecule has 0 radical (unpaired) electrons. The van der Waals surface area contributed by atoms with Crippen molar-refractivity contribution >= 4 is 40.9 Å². The summed E-state index contributed by atoms with van der Waals surface area (Å²) in [4.78, 5) is 32.8. The lowest BCUT2D eigenvalue weighted by molar-refractivity contribution is -0.111. The maximum Gasteiger partial charge on any atom is 0.248 e. The first-order valence-electron chi connectivity index (χ1n) is 11.2. The Labute approximate surface area is 213 Å². The van der Waals surface area contributed by atoms with Crippen molar-refractivity contribution in [3.63, 3.8) is 0 Å². The van der Waals surface area contributed by atoms with Crippen LogP contribution in [0.1, 0.15) is 38.4 Å². The van der Waals surface area contributed by atoms with Gasteiger partial charge in [0, 0.05) is 11.6 Å². The van der Waals surface area contributed by atoms with Crippen LogP contribution in [0.15, 0.2) is 91.3 Å². The van der Waals surface area contributed by atoms with E-state index in [9.17, 15) is 9.59 Å². The zero-order chi connectivity index (χ0) is 26.2. The first-order valence-corrected chi connectivity index (χ1v) is 11.2. The fraction of sp³-hybridized carbons (Fsp3) is 0. The highest BCUT2D eigenvalue weighted by Crippen LogP contribution is 2.26. The lowest BCUT2D eigenvalue weighted by Crippen LogP contribution is -2.10. The van der Waals surface area contributed by atoms with Gasteiger partial charge in [-0.3, -0.25) is 19.6 Å². The number of aromatic nitrogens is 2. The van der Waals surface area contributed by atoms with E-state index in [1.807, 2.05) is 48.5 Å². The van der Waals surface area contributed by atoms with Crippen LogP contribution in [-0.4, -0.2) is 21.8 Å². The number of nitriles is 1. The predicted octanol–water partition coefficient (Wildman–Crippen LogP) is 4.27. The Bertz CT molecular complexity index is 1550. The molecule has 0 bridgehead atoms. The number of anilines is 2. The molecule has 0 aliphatic heterocycles. The quantitative estimate of drug-likeness (QED) is 0.262. The highest BCUT2D eigenvalue weighted by Gasteiger charge is 2.09. The molecule has 37 heavy (non-hydrogen) atoms. The van der Waals surface area contributed by atoms with Gasteiger partial charge in [0.2, 0.25) is 11.8 Å². The van der Waals surface area contributed by atoms with E-state index in [1.54, 1.807) is 42.7 Å². The van der Waals surface area contributed by atoms with Gasteiger partial charge in [-0.25, -0.2) is 0 Å². The normalized spacial score (nSPS) is 11.2. The van der Waals surface area contributed by atoms with Crippen LogP contribution in [-0.2, 0) is 4.79 Å². The summed E-state index contributed by atoms with van der Waals surface area (Å²) in [6.07, 6.45) is 7.83. The number of amides is 2. The van der Waals surface area contributed by atoms with Crippen molar-refractivity contribution in [2.24, 2.45) is 5.73 Å². The van der Waals surface area contributed by atoms with Crippen molar-refractivity contribution in [1.82, 2.24) is 9.97 Å². The summed E-state index contributed by atoms with van der Waals surface area (Å²) in [5.74, 6) is -0.928. The Kier molecular flexibility index (Phi) is 7.47. The first-order chi connectivity index (χ1) is 17.9. The average molecular weight is 487 g/mol. The lowest BCUT2D eigenvalue weighted by atomic mass is 9.95. The summed E-state index contributed by atoms with van der Waals surface area (Å²) >= 11 is 0. The molecule has 4 aromatic rings. The molecule has 0 aliphatic carbocycles. The Morgan fingerprint density at radius 2 is 1.57 bits per heavy atom. The fourth-order valence-corrected chi connectivity index (χ4v) is 3.52. The van der Waals surface area contributed by atoms with Crippen molar-refractivity contribution in [3.8, 4) is 6.07 Å². The molecule has 2 amide bonds. The van der Waals surface area contributed by atoms with Gasteiger partial charge < -0.3 is 16.8 Å². The summed E-state index contributed by atoms with van der Waals surface area (Å²) in [5.41, 5.74) is 16.5. The van der Waals surface area contributed by atoms with Crippen molar-refractivity contribution in [1.29, 1.82) is 5.26 Å². The van der Waals surface area contributed by atoms with Crippen LogP contribution in [0.3, 0.4) is 0 Å². The Morgan fingerprint density at radius 1 is 0.865 bits per heavy atom. The molecule has 0 unspecified atom stereocenters. The zero-order valence-electron chi connectivity index (χ0n) is 19.6. The average Bonchev–Trinajstić information content (AvgIpc) is 2.93. The minimum atomic E-state index is -0.505. The van der Waals surface area contributed by atoms with E-state index in [0.29, 0.717) is 33.9 Å². The van der Waals surface area contributed by atoms with Crippen LogP contribution >= 0.6 is 0 Å². The molecule has 8 nitrogen and oxygen atoms in total. The molecular formula is C29H22N6O2. The summed E-state index contributed by atoms with van der Waals surface area (Å²) in [6.45, 7) is 0. The molecular weight excluding hydrogens is 464 g/mol. The van der Waals surface area contributed by atoms with Gasteiger partial charge in [-0.05, 0) is 59.2 Å². The third-order valence-corrected chi connectivity index (χ3v) is 5.37. The maximum atomic E-state index is 12.3. The standard InChI is InChI=1S/C29H22N6O2/c30-16-19-9-11-26(31)27(13-19)35-28(36)12-10-23-17-34-24(18-33-23)15-25(20-5-2-1-3-6-20)21-7-4-8-22(14-21)29(32)37/h1-15,17-18H,31H2,(H2,32,37)(H,35,36)/b12-10+,25-15+. The second-order valence-electron chi connectivity index (χ2n) is 7.97. The highest BCUT2D eigenvalue weighted by atomic mass is 16.1. The SMILES string of the molecule is N#Cc1ccc(N)c(NC(=O)/C=C/c2cnc(/C=C(\c3ccccc3)c3cccc(C(N)=O)c3)cn2)c1. The fourth-order valence-electron chi connectivity index (χ4n) is 3.52. The van der Waals surface area contributed by atoms with Crippen molar-refractivity contribution in [2.45, 2.75) is 0 Å². The number of carbonyl (C=O) groups excluding carboxylic acids is 2. The first kappa shape index (κ1) is 24.6. The molecule has 1 heterocycles. The van der Waals surface area contributed by atoms with Crippen LogP contribution in [0.25, 0.3) is 17.7 Å². The number of hydrogen-bond acceptors (Lipinski definition) is 6. The van der Waals surface area contributed by atoms with Crippen molar-refractivity contribution in [2.75, 3.05) is 11.1 Å². The van der Waals surface area contributed by atoms with Gasteiger partial charge in [-0.2, -0.15) is 5.26 Å².